The van der Waals surface area contributed by atoms with E-state index in [-0.39, 0.29) is 11.8 Å². The number of para-hydroxylation sites is 1. The van der Waals surface area contributed by atoms with E-state index in [1.807, 2.05) is 18.2 Å². The predicted octanol–water partition coefficient (Wildman–Crippen LogP) is 5.77. The van der Waals surface area contributed by atoms with Gasteiger partial charge in [0.2, 0.25) is 5.91 Å². The number of fused-ring (bicyclic) bond motifs is 1. The molecule has 162 valence electrons. The molecule has 5 rings (SSSR count). The molecule has 4 aromatic rings. The van der Waals surface area contributed by atoms with Gasteiger partial charge in [0, 0.05) is 36.1 Å². The van der Waals surface area contributed by atoms with Gasteiger partial charge in [0.15, 0.2) is 0 Å². The largest absolute Gasteiger partial charge is 0.356 e. The number of aromatic nitrogens is 1. The zero-order chi connectivity index (χ0) is 22.1. The maximum Gasteiger partial charge on any atom is 0.223 e. The second-order valence-corrected chi connectivity index (χ2v) is 9.13. The quantitative estimate of drug-likeness (QED) is 0.403. The van der Waals surface area contributed by atoms with Gasteiger partial charge >= 0.3 is 0 Å². The highest BCUT2D eigenvalue weighted by Crippen LogP contribution is 2.50. The minimum atomic E-state index is 0.0886. The average Bonchev–Trinajstić information content (AvgIpc) is 3.53. The lowest BCUT2D eigenvalue weighted by atomic mass is 10.1. The van der Waals surface area contributed by atoms with E-state index in [9.17, 15) is 4.79 Å². The van der Waals surface area contributed by atoms with Crippen molar-refractivity contribution in [3.8, 4) is 0 Å². The zero-order valence-corrected chi connectivity index (χ0v) is 18.8. The molecule has 3 heteroatoms. The number of hydrogen-bond donors (Lipinski definition) is 1. The first-order valence-electron chi connectivity index (χ1n) is 11.6. The van der Waals surface area contributed by atoms with Gasteiger partial charge < -0.3 is 9.88 Å². The smallest absolute Gasteiger partial charge is 0.223 e. The number of aryl methyl sites for hydroxylation is 2. The summed E-state index contributed by atoms with van der Waals surface area (Å²) in [5, 5.41) is 4.44. The SMILES string of the molecule is Cc1ccc(C)c(Cn2cc([C@H]3C[C@@H]3C(=O)NCCc3ccccc3)c3ccccc32)c1. The number of nitrogens with one attached hydrogen (secondary N) is 1. The Morgan fingerprint density at radius 2 is 1.78 bits per heavy atom. The second kappa shape index (κ2) is 8.66. The Hall–Kier alpha value is -3.33. The van der Waals surface area contributed by atoms with Crippen molar-refractivity contribution >= 4 is 16.8 Å². The molecule has 1 amide bonds. The Labute approximate surface area is 190 Å². The van der Waals surface area contributed by atoms with Crippen LogP contribution in [0.15, 0.2) is 79.0 Å². The first-order valence-corrected chi connectivity index (χ1v) is 11.6. The standard InChI is InChI=1S/C29H30N2O/c1-20-12-13-21(2)23(16-20)18-31-19-27(24-10-6-7-11-28(24)31)25-17-26(25)29(32)30-15-14-22-8-4-3-5-9-22/h3-13,16,19,25-26H,14-15,17-18H2,1-2H3,(H,30,32)/t25-,26-/m0/s1. The van der Waals surface area contributed by atoms with Crippen molar-refractivity contribution in [2.45, 2.75) is 39.2 Å². The molecule has 1 saturated carbocycles. The van der Waals surface area contributed by atoms with E-state index in [1.165, 1.54) is 38.7 Å². The topological polar surface area (TPSA) is 34.0 Å². The Morgan fingerprint density at radius 3 is 2.62 bits per heavy atom. The van der Waals surface area contributed by atoms with Gasteiger partial charge in [-0.2, -0.15) is 0 Å². The van der Waals surface area contributed by atoms with Crippen LogP contribution in [-0.2, 0) is 17.8 Å². The molecule has 3 aromatic carbocycles. The Bertz CT molecular complexity index is 1250. The normalized spacial score (nSPS) is 17.4. The minimum Gasteiger partial charge on any atom is -0.356 e. The predicted molar refractivity (Wildman–Crippen MR) is 131 cm³/mol. The fraction of sp³-hybridized carbons (Fsp3) is 0.276. The number of carbonyl (C=O) groups is 1. The monoisotopic (exact) mass is 422 g/mol. The van der Waals surface area contributed by atoms with Crippen molar-refractivity contribution in [1.29, 1.82) is 0 Å². The van der Waals surface area contributed by atoms with Crippen LogP contribution in [0.2, 0.25) is 0 Å². The van der Waals surface area contributed by atoms with E-state index in [1.54, 1.807) is 0 Å². The van der Waals surface area contributed by atoms with Crippen LogP contribution >= 0.6 is 0 Å². The minimum absolute atomic E-state index is 0.0886. The van der Waals surface area contributed by atoms with Gasteiger partial charge in [-0.3, -0.25) is 4.79 Å². The first-order chi connectivity index (χ1) is 15.6. The van der Waals surface area contributed by atoms with E-state index in [2.05, 4.69) is 84.5 Å². The van der Waals surface area contributed by atoms with Crippen molar-refractivity contribution in [1.82, 2.24) is 9.88 Å². The van der Waals surface area contributed by atoms with Crippen LogP contribution in [0.25, 0.3) is 10.9 Å². The van der Waals surface area contributed by atoms with Gasteiger partial charge in [-0.1, -0.05) is 72.3 Å². The van der Waals surface area contributed by atoms with Crippen LogP contribution in [0, 0.1) is 19.8 Å². The highest BCUT2D eigenvalue weighted by molar-refractivity contribution is 5.89. The third kappa shape index (κ3) is 4.20. The first kappa shape index (κ1) is 20.6. The molecule has 0 saturated heterocycles. The number of amides is 1. The van der Waals surface area contributed by atoms with E-state index in [0.717, 1.165) is 19.4 Å². The van der Waals surface area contributed by atoms with E-state index in [0.29, 0.717) is 12.5 Å². The van der Waals surface area contributed by atoms with Crippen LogP contribution in [-0.4, -0.2) is 17.0 Å². The van der Waals surface area contributed by atoms with Gasteiger partial charge in [0.25, 0.3) is 0 Å². The summed E-state index contributed by atoms with van der Waals surface area (Å²) in [5.74, 6) is 0.597. The molecule has 1 fully saturated rings. The zero-order valence-electron chi connectivity index (χ0n) is 18.8. The molecule has 32 heavy (non-hydrogen) atoms. The average molecular weight is 423 g/mol. The number of rotatable bonds is 7. The number of hydrogen-bond acceptors (Lipinski definition) is 1. The molecular formula is C29H30N2O. The van der Waals surface area contributed by atoms with Crippen LogP contribution in [0.5, 0.6) is 0 Å². The van der Waals surface area contributed by atoms with Crippen LogP contribution in [0.4, 0.5) is 0 Å². The lowest BCUT2D eigenvalue weighted by molar-refractivity contribution is -0.122. The van der Waals surface area contributed by atoms with Crippen molar-refractivity contribution in [2.75, 3.05) is 6.54 Å². The van der Waals surface area contributed by atoms with Crippen LogP contribution in [0.1, 0.15) is 40.2 Å². The van der Waals surface area contributed by atoms with Gasteiger partial charge in [-0.05, 0) is 60.9 Å². The highest BCUT2D eigenvalue weighted by atomic mass is 16.2. The van der Waals surface area contributed by atoms with E-state index < -0.39 is 0 Å². The number of benzene rings is 3. The van der Waals surface area contributed by atoms with Crippen molar-refractivity contribution in [3.05, 3.63) is 107 Å². The lowest BCUT2D eigenvalue weighted by Crippen LogP contribution is -2.27. The fourth-order valence-electron chi connectivity index (χ4n) is 4.79. The van der Waals surface area contributed by atoms with Crippen molar-refractivity contribution in [2.24, 2.45) is 5.92 Å². The summed E-state index contributed by atoms with van der Waals surface area (Å²) in [7, 11) is 0. The summed E-state index contributed by atoms with van der Waals surface area (Å²) < 4.78 is 2.36. The molecule has 2 atom stereocenters. The van der Waals surface area contributed by atoms with Crippen LogP contribution < -0.4 is 5.32 Å². The third-order valence-electron chi connectivity index (χ3n) is 6.75. The summed E-state index contributed by atoms with van der Waals surface area (Å²) in [6.07, 6.45) is 4.10. The molecule has 1 N–H and O–H groups in total. The molecule has 3 nitrogen and oxygen atoms in total. The summed E-state index contributed by atoms with van der Waals surface area (Å²) in [5.41, 5.74) is 7.78. The summed E-state index contributed by atoms with van der Waals surface area (Å²) >= 11 is 0. The molecule has 0 aliphatic heterocycles. The third-order valence-corrected chi connectivity index (χ3v) is 6.75. The maximum atomic E-state index is 12.8. The van der Waals surface area contributed by atoms with Gasteiger partial charge in [0.05, 0.1) is 0 Å². The maximum absolute atomic E-state index is 12.8. The molecule has 1 aromatic heterocycles. The summed E-state index contributed by atoms with van der Waals surface area (Å²) in [6.45, 7) is 5.88. The van der Waals surface area contributed by atoms with Gasteiger partial charge in [-0.25, -0.2) is 0 Å². The Balaban J connectivity index is 1.31. The van der Waals surface area contributed by atoms with Gasteiger partial charge in [-0.15, -0.1) is 0 Å². The highest BCUT2D eigenvalue weighted by Gasteiger charge is 2.45. The Morgan fingerprint density at radius 1 is 1.00 bits per heavy atom. The van der Waals surface area contributed by atoms with E-state index >= 15 is 0 Å². The molecule has 0 bridgehead atoms. The second-order valence-electron chi connectivity index (χ2n) is 9.13. The number of carbonyl (C=O) groups excluding carboxylic acids is 1. The lowest BCUT2D eigenvalue weighted by Gasteiger charge is -2.09. The molecule has 1 heterocycles. The molecular weight excluding hydrogens is 392 g/mol. The van der Waals surface area contributed by atoms with Crippen molar-refractivity contribution in [3.63, 3.8) is 0 Å². The summed E-state index contributed by atoms with van der Waals surface area (Å²) in [4.78, 5) is 12.8. The van der Waals surface area contributed by atoms with E-state index in [4.69, 9.17) is 0 Å². The Kier molecular flexibility index (Phi) is 5.57. The molecule has 1 aliphatic rings. The number of nitrogens with zero attached hydrogens (tertiary/aromatic N) is 1. The van der Waals surface area contributed by atoms with Gasteiger partial charge in [0.1, 0.15) is 0 Å². The molecule has 0 spiro atoms. The molecule has 0 radical (unpaired) electrons. The van der Waals surface area contributed by atoms with Crippen LogP contribution in [0.3, 0.4) is 0 Å². The summed E-state index contributed by atoms with van der Waals surface area (Å²) in [6, 6.07) is 25.6. The fourth-order valence-corrected chi connectivity index (χ4v) is 4.79. The molecule has 1 aliphatic carbocycles. The molecule has 0 unspecified atom stereocenters. The van der Waals surface area contributed by atoms with Crippen molar-refractivity contribution < 1.29 is 4.79 Å².